The van der Waals surface area contributed by atoms with Crippen LogP contribution in [0.4, 0.5) is 16.2 Å². The number of amides is 1. The van der Waals surface area contributed by atoms with Gasteiger partial charge in [-0.1, -0.05) is 12.6 Å². The van der Waals surface area contributed by atoms with Crippen molar-refractivity contribution >= 4 is 23.4 Å². The second kappa shape index (κ2) is 11.4. The van der Waals surface area contributed by atoms with E-state index in [4.69, 9.17) is 23.7 Å². The van der Waals surface area contributed by atoms with Gasteiger partial charge in [-0.3, -0.25) is 5.32 Å². The van der Waals surface area contributed by atoms with Crippen LogP contribution >= 0.6 is 0 Å². The van der Waals surface area contributed by atoms with Crippen LogP contribution in [0.2, 0.25) is 0 Å². The van der Waals surface area contributed by atoms with E-state index in [0.29, 0.717) is 39.9 Å². The van der Waals surface area contributed by atoms with E-state index >= 15 is 0 Å². The van der Waals surface area contributed by atoms with Crippen LogP contribution < -0.4 is 29.6 Å². The number of carbonyl (C=O) groups is 2. The molecule has 0 spiro atoms. The average Bonchev–Trinajstić information content (AvgIpc) is 2.79. The third-order valence-electron chi connectivity index (χ3n) is 4.79. The molecule has 190 valence electrons. The molecule has 2 aromatic carbocycles. The first-order valence-electron chi connectivity index (χ1n) is 10.6. The number of hydrogen-bond donors (Lipinski definition) is 3. The summed E-state index contributed by atoms with van der Waals surface area (Å²) in [5.74, 6) is 0.328. The minimum absolute atomic E-state index is 0.132. The zero-order chi connectivity index (χ0) is 26.3. The van der Waals surface area contributed by atoms with E-state index in [2.05, 4.69) is 17.2 Å². The van der Waals surface area contributed by atoms with Gasteiger partial charge in [0.1, 0.15) is 11.4 Å². The Hall–Kier alpha value is -4.08. The Morgan fingerprint density at radius 3 is 1.94 bits per heavy atom. The van der Waals surface area contributed by atoms with Crippen molar-refractivity contribution in [2.45, 2.75) is 32.4 Å². The standard InChI is InChI=1S/C25H32N2O8/c1-14(23(28)29)21(26-16-12-19(32-6)22(34-8)20(13-16)33-7)15-9-10-18(31-5)17(11-15)27-24(30)35-25(2,3)4/h9-13,21,26H,1H2,2-8H3,(H,27,30)(H,28,29). The van der Waals surface area contributed by atoms with E-state index in [1.165, 1.54) is 28.4 Å². The van der Waals surface area contributed by atoms with Crippen molar-refractivity contribution in [2.24, 2.45) is 0 Å². The van der Waals surface area contributed by atoms with Crippen LogP contribution in [-0.2, 0) is 9.53 Å². The Kier molecular flexibility index (Phi) is 8.82. The van der Waals surface area contributed by atoms with Gasteiger partial charge in [0.05, 0.1) is 45.7 Å². The number of methoxy groups -OCH3 is 4. The van der Waals surface area contributed by atoms with Crippen molar-refractivity contribution in [2.75, 3.05) is 39.1 Å². The van der Waals surface area contributed by atoms with Crippen LogP contribution in [0.5, 0.6) is 23.0 Å². The minimum atomic E-state index is -1.20. The number of ether oxygens (including phenoxy) is 5. The van der Waals surface area contributed by atoms with Crippen LogP contribution in [0.1, 0.15) is 32.4 Å². The molecule has 0 heterocycles. The average molecular weight is 489 g/mol. The first-order chi connectivity index (χ1) is 16.4. The van der Waals surface area contributed by atoms with Crippen LogP contribution in [0, 0.1) is 0 Å². The molecule has 10 heteroatoms. The molecule has 0 aromatic heterocycles. The molecule has 0 aliphatic heterocycles. The highest BCUT2D eigenvalue weighted by atomic mass is 16.6. The summed E-state index contributed by atoms with van der Waals surface area (Å²) in [5.41, 5.74) is 0.451. The van der Waals surface area contributed by atoms with Crippen molar-refractivity contribution in [3.8, 4) is 23.0 Å². The van der Waals surface area contributed by atoms with Gasteiger partial charge in [0.2, 0.25) is 5.75 Å². The highest BCUT2D eigenvalue weighted by Gasteiger charge is 2.24. The number of aliphatic carboxylic acids is 1. The summed E-state index contributed by atoms with van der Waals surface area (Å²) < 4.78 is 26.8. The van der Waals surface area contributed by atoms with Gasteiger partial charge in [-0.2, -0.15) is 0 Å². The van der Waals surface area contributed by atoms with Gasteiger partial charge in [0, 0.05) is 17.8 Å². The lowest BCUT2D eigenvalue weighted by Crippen LogP contribution is -2.27. The van der Waals surface area contributed by atoms with Crippen LogP contribution in [0.3, 0.4) is 0 Å². The Bertz CT molecular complexity index is 1070. The summed E-state index contributed by atoms with van der Waals surface area (Å²) >= 11 is 0. The molecule has 0 saturated heterocycles. The number of carboxylic acid groups (broad SMARTS) is 1. The predicted octanol–water partition coefficient (Wildman–Crippen LogP) is 4.86. The largest absolute Gasteiger partial charge is 0.495 e. The summed E-state index contributed by atoms with van der Waals surface area (Å²) in [4.78, 5) is 24.2. The van der Waals surface area contributed by atoms with Crippen LogP contribution in [0.25, 0.3) is 0 Å². The van der Waals surface area contributed by atoms with Crippen molar-refractivity contribution in [1.29, 1.82) is 0 Å². The maximum atomic E-state index is 12.4. The predicted molar refractivity (Wildman–Crippen MR) is 132 cm³/mol. The Morgan fingerprint density at radius 1 is 0.914 bits per heavy atom. The number of rotatable bonds is 10. The second-order valence-electron chi connectivity index (χ2n) is 8.41. The van der Waals surface area contributed by atoms with Gasteiger partial charge in [-0.25, -0.2) is 9.59 Å². The molecule has 1 atom stereocenters. The Balaban J connectivity index is 2.52. The number of carbonyl (C=O) groups excluding carboxylic acids is 1. The SMILES string of the molecule is C=C(C(=O)O)C(Nc1cc(OC)c(OC)c(OC)c1)c1ccc(OC)c(NC(=O)OC(C)(C)C)c1. The fraction of sp³-hybridized carbons (Fsp3) is 0.360. The molecule has 0 bridgehead atoms. The molecule has 0 aliphatic rings. The lowest BCUT2D eigenvalue weighted by Gasteiger charge is -2.24. The topological polar surface area (TPSA) is 125 Å². The van der Waals surface area contributed by atoms with Gasteiger partial charge < -0.3 is 34.1 Å². The zero-order valence-electron chi connectivity index (χ0n) is 21.0. The molecule has 1 amide bonds. The molecule has 0 radical (unpaired) electrons. The molecule has 0 saturated carbocycles. The monoisotopic (exact) mass is 488 g/mol. The smallest absolute Gasteiger partial charge is 0.412 e. The summed E-state index contributed by atoms with van der Waals surface area (Å²) in [6.45, 7) is 8.97. The first kappa shape index (κ1) is 27.2. The summed E-state index contributed by atoms with van der Waals surface area (Å²) in [5, 5.41) is 15.5. The molecule has 0 aliphatic carbocycles. The van der Waals surface area contributed by atoms with Crippen LogP contribution in [-0.4, -0.2) is 51.2 Å². The van der Waals surface area contributed by atoms with Crippen molar-refractivity contribution in [3.05, 3.63) is 48.0 Å². The van der Waals surface area contributed by atoms with E-state index in [-0.39, 0.29) is 5.57 Å². The molecular weight excluding hydrogens is 456 g/mol. The molecule has 10 nitrogen and oxygen atoms in total. The van der Waals surface area contributed by atoms with Gasteiger partial charge in [-0.05, 0) is 38.5 Å². The number of nitrogens with one attached hydrogen (secondary N) is 2. The number of anilines is 2. The van der Waals surface area contributed by atoms with Crippen molar-refractivity contribution < 1.29 is 38.4 Å². The third kappa shape index (κ3) is 6.95. The summed E-state index contributed by atoms with van der Waals surface area (Å²) in [6, 6.07) is 7.27. The van der Waals surface area contributed by atoms with E-state index in [9.17, 15) is 14.7 Å². The highest BCUT2D eigenvalue weighted by molar-refractivity contribution is 5.90. The molecule has 0 fully saturated rings. The lowest BCUT2D eigenvalue weighted by molar-refractivity contribution is -0.132. The lowest BCUT2D eigenvalue weighted by atomic mass is 9.98. The van der Waals surface area contributed by atoms with Gasteiger partial charge >= 0.3 is 12.1 Å². The van der Waals surface area contributed by atoms with E-state index in [0.717, 1.165) is 0 Å². The van der Waals surface area contributed by atoms with E-state index in [1.54, 1.807) is 51.1 Å². The fourth-order valence-corrected chi connectivity index (χ4v) is 3.24. The maximum Gasteiger partial charge on any atom is 0.412 e. The second-order valence-corrected chi connectivity index (χ2v) is 8.41. The Labute approximate surface area is 204 Å². The molecular formula is C25H32N2O8. The first-order valence-corrected chi connectivity index (χ1v) is 10.6. The zero-order valence-corrected chi connectivity index (χ0v) is 21.0. The molecule has 35 heavy (non-hydrogen) atoms. The quantitative estimate of drug-likeness (QED) is 0.402. The van der Waals surface area contributed by atoms with Crippen molar-refractivity contribution in [3.63, 3.8) is 0 Å². The summed E-state index contributed by atoms with van der Waals surface area (Å²) in [7, 11) is 5.90. The fourth-order valence-electron chi connectivity index (χ4n) is 3.24. The van der Waals surface area contributed by atoms with E-state index < -0.39 is 23.7 Å². The molecule has 2 aromatic rings. The van der Waals surface area contributed by atoms with Crippen molar-refractivity contribution in [1.82, 2.24) is 0 Å². The van der Waals surface area contributed by atoms with Crippen LogP contribution in [0.15, 0.2) is 42.5 Å². The number of hydrogen-bond acceptors (Lipinski definition) is 8. The maximum absolute atomic E-state index is 12.4. The number of benzene rings is 2. The molecule has 3 N–H and O–H groups in total. The normalized spacial score (nSPS) is 11.6. The number of carboxylic acids is 1. The molecule has 1 unspecified atom stereocenters. The Morgan fingerprint density at radius 2 is 1.49 bits per heavy atom. The van der Waals surface area contributed by atoms with E-state index in [1.807, 2.05) is 0 Å². The minimum Gasteiger partial charge on any atom is -0.495 e. The third-order valence-corrected chi connectivity index (χ3v) is 4.79. The highest BCUT2D eigenvalue weighted by Crippen LogP contribution is 2.41. The van der Waals surface area contributed by atoms with Gasteiger partial charge in [0.15, 0.2) is 11.5 Å². The molecule has 2 rings (SSSR count). The van der Waals surface area contributed by atoms with Gasteiger partial charge in [0.25, 0.3) is 0 Å². The summed E-state index contributed by atoms with van der Waals surface area (Å²) in [6.07, 6.45) is -0.681. The van der Waals surface area contributed by atoms with Gasteiger partial charge in [-0.15, -0.1) is 0 Å².